The largest absolute Gasteiger partial charge is 0.496 e. The zero-order valence-electron chi connectivity index (χ0n) is 16.0. The molecule has 1 unspecified atom stereocenters. The highest BCUT2D eigenvalue weighted by atomic mass is 16.5. The fourth-order valence-corrected chi connectivity index (χ4v) is 4.14. The Hall–Kier alpha value is -2.53. The van der Waals surface area contributed by atoms with Gasteiger partial charge in [-0.15, -0.1) is 0 Å². The average molecular weight is 365 g/mol. The Kier molecular flexibility index (Phi) is 4.79. The first-order valence-electron chi connectivity index (χ1n) is 9.55. The first kappa shape index (κ1) is 17.9. The van der Waals surface area contributed by atoms with Crippen molar-refractivity contribution in [2.24, 2.45) is 0 Å². The number of nitrogens with one attached hydrogen (secondary N) is 2. The van der Waals surface area contributed by atoms with Crippen LogP contribution >= 0.6 is 0 Å². The number of ether oxygens (including phenoxy) is 1. The molecule has 2 aromatic rings. The Balaban J connectivity index is 1.41. The molecule has 0 bridgehead atoms. The molecular weight excluding hydrogens is 338 g/mol. The second kappa shape index (κ2) is 7.24. The van der Waals surface area contributed by atoms with Gasteiger partial charge in [0.25, 0.3) is 0 Å². The lowest BCUT2D eigenvalue weighted by molar-refractivity contribution is 0.222. The molecule has 1 fully saturated rings. The van der Waals surface area contributed by atoms with Crippen LogP contribution in [0.25, 0.3) is 0 Å². The predicted molar refractivity (Wildman–Crippen MR) is 106 cm³/mol. The summed E-state index contributed by atoms with van der Waals surface area (Å²) >= 11 is 0. The standard InChI is InChI=1S/C22H27N3O2/c1-25-13-16-7-3-4-8-17(16)19(14-25)24-21(26)23-15-22(11-12-22)18-9-5-6-10-20(18)27-2/h3-10,19H,11-15H2,1-2H3,(H2,23,24,26). The minimum absolute atomic E-state index is 0.00517. The lowest BCUT2D eigenvalue weighted by Gasteiger charge is -2.32. The number of amides is 2. The topological polar surface area (TPSA) is 53.6 Å². The summed E-state index contributed by atoms with van der Waals surface area (Å²) in [4.78, 5) is 14.9. The van der Waals surface area contributed by atoms with Crippen molar-refractivity contribution in [3.8, 4) is 5.75 Å². The van der Waals surface area contributed by atoms with Gasteiger partial charge in [-0.05, 0) is 37.1 Å². The van der Waals surface area contributed by atoms with Gasteiger partial charge in [-0.2, -0.15) is 0 Å². The Morgan fingerprint density at radius 3 is 2.70 bits per heavy atom. The van der Waals surface area contributed by atoms with E-state index >= 15 is 0 Å². The van der Waals surface area contributed by atoms with Crippen LogP contribution in [0.1, 0.15) is 35.6 Å². The van der Waals surface area contributed by atoms with E-state index in [9.17, 15) is 4.79 Å². The van der Waals surface area contributed by atoms with Crippen molar-refractivity contribution in [3.63, 3.8) is 0 Å². The highest BCUT2D eigenvalue weighted by Crippen LogP contribution is 2.50. The number of urea groups is 1. The third-order valence-electron chi connectivity index (χ3n) is 5.79. The molecule has 2 aromatic carbocycles. The zero-order valence-corrected chi connectivity index (χ0v) is 16.0. The van der Waals surface area contributed by atoms with E-state index in [4.69, 9.17) is 4.74 Å². The molecule has 0 saturated heterocycles. The van der Waals surface area contributed by atoms with Gasteiger partial charge in [0.1, 0.15) is 5.75 Å². The van der Waals surface area contributed by atoms with Gasteiger partial charge in [0.05, 0.1) is 13.2 Å². The van der Waals surface area contributed by atoms with Crippen molar-refractivity contribution < 1.29 is 9.53 Å². The third kappa shape index (κ3) is 3.65. The first-order valence-corrected chi connectivity index (χ1v) is 9.55. The van der Waals surface area contributed by atoms with Gasteiger partial charge in [0, 0.05) is 30.6 Å². The summed E-state index contributed by atoms with van der Waals surface area (Å²) in [7, 11) is 3.79. The SMILES string of the molecule is COc1ccccc1C1(CNC(=O)NC2CN(C)Cc3ccccc32)CC1. The van der Waals surface area contributed by atoms with Crippen LogP contribution < -0.4 is 15.4 Å². The summed E-state index contributed by atoms with van der Waals surface area (Å²) < 4.78 is 5.52. The van der Waals surface area contributed by atoms with Crippen molar-refractivity contribution in [2.75, 3.05) is 27.2 Å². The Morgan fingerprint density at radius 1 is 1.19 bits per heavy atom. The van der Waals surface area contributed by atoms with Crippen LogP contribution in [-0.4, -0.2) is 38.2 Å². The number of para-hydroxylation sites is 1. The molecular formula is C22H27N3O2. The van der Waals surface area contributed by atoms with Crippen LogP contribution in [-0.2, 0) is 12.0 Å². The number of rotatable bonds is 5. The van der Waals surface area contributed by atoms with Crippen molar-refractivity contribution in [1.29, 1.82) is 0 Å². The molecule has 0 aromatic heterocycles. The maximum atomic E-state index is 12.6. The summed E-state index contributed by atoms with van der Waals surface area (Å²) in [5, 5.41) is 6.27. The molecule has 142 valence electrons. The number of hydrogen-bond acceptors (Lipinski definition) is 3. The number of fused-ring (bicyclic) bond motifs is 1. The van der Waals surface area contributed by atoms with Crippen molar-refractivity contribution >= 4 is 6.03 Å². The molecule has 0 radical (unpaired) electrons. The van der Waals surface area contributed by atoms with Crippen LogP contribution in [0.3, 0.4) is 0 Å². The molecule has 1 saturated carbocycles. The summed E-state index contributed by atoms with van der Waals surface area (Å²) in [6, 6.07) is 16.4. The Morgan fingerprint density at radius 2 is 1.93 bits per heavy atom. The van der Waals surface area contributed by atoms with Gasteiger partial charge >= 0.3 is 6.03 Å². The first-order chi connectivity index (χ1) is 13.1. The number of benzene rings is 2. The Labute approximate surface area is 160 Å². The monoisotopic (exact) mass is 365 g/mol. The molecule has 0 spiro atoms. The van der Waals surface area contributed by atoms with E-state index in [1.165, 1.54) is 16.7 Å². The molecule has 2 amide bonds. The van der Waals surface area contributed by atoms with E-state index in [0.29, 0.717) is 6.54 Å². The lowest BCUT2D eigenvalue weighted by Crippen LogP contribution is -2.46. The fourth-order valence-electron chi connectivity index (χ4n) is 4.14. The van der Waals surface area contributed by atoms with Crippen LogP contribution in [0, 0.1) is 0 Å². The molecule has 1 heterocycles. The summed E-state index contributed by atoms with van der Waals surface area (Å²) in [6.45, 7) is 2.37. The maximum Gasteiger partial charge on any atom is 0.315 e. The molecule has 2 aliphatic rings. The number of likely N-dealkylation sites (N-methyl/N-ethyl adjacent to an activating group) is 1. The molecule has 27 heavy (non-hydrogen) atoms. The highest BCUT2D eigenvalue weighted by molar-refractivity contribution is 5.75. The van der Waals surface area contributed by atoms with Gasteiger partial charge in [0.15, 0.2) is 0 Å². The van der Waals surface area contributed by atoms with E-state index in [1.807, 2.05) is 24.3 Å². The van der Waals surface area contributed by atoms with Gasteiger partial charge in [-0.25, -0.2) is 4.79 Å². The molecule has 5 nitrogen and oxygen atoms in total. The fraction of sp³-hybridized carbons (Fsp3) is 0.409. The minimum atomic E-state index is -0.105. The maximum absolute atomic E-state index is 12.6. The zero-order chi connectivity index (χ0) is 18.9. The minimum Gasteiger partial charge on any atom is -0.496 e. The van der Waals surface area contributed by atoms with E-state index in [1.54, 1.807) is 7.11 Å². The normalized spacial score (nSPS) is 20.4. The molecule has 1 atom stereocenters. The van der Waals surface area contributed by atoms with E-state index < -0.39 is 0 Å². The van der Waals surface area contributed by atoms with E-state index in [2.05, 4.69) is 46.8 Å². The molecule has 5 heteroatoms. The second-order valence-corrected chi connectivity index (χ2v) is 7.76. The Bertz CT molecular complexity index is 832. The summed E-state index contributed by atoms with van der Waals surface area (Å²) in [5.74, 6) is 0.903. The molecule has 1 aliphatic carbocycles. The lowest BCUT2D eigenvalue weighted by atomic mass is 9.94. The molecule has 2 N–H and O–H groups in total. The smallest absolute Gasteiger partial charge is 0.315 e. The highest BCUT2D eigenvalue weighted by Gasteiger charge is 2.46. The third-order valence-corrected chi connectivity index (χ3v) is 5.79. The van der Waals surface area contributed by atoms with Crippen LogP contribution in [0.5, 0.6) is 5.75 Å². The second-order valence-electron chi connectivity index (χ2n) is 7.76. The van der Waals surface area contributed by atoms with Crippen LogP contribution in [0.2, 0.25) is 0 Å². The predicted octanol–water partition coefficient (Wildman–Crippen LogP) is 3.21. The van der Waals surface area contributed by atoms with Crippen LogP contribution in [0.15, 0.2) is 48.5 Å². The van der Waals surface area contributed by atoms with Gasteiger partial charge in [-0.1, -0.05) is 42.5 Å². The van der Waals surface area contributed by atoms with Gasteiger partial charge in [0.2, 0.25) is 0 Å². The van der Waals surface area contributed by atoms with E-state index in [0.717, 1.165) is 31.7 Å². The number of carbonyl (C=O) groups is 1. The summed E-state index contributed by atoms with van der Waals surface area (Å²) in [5.41, 5.74) is 3.70. The molecule has 1 aliphatic heterocycles. The van der Waals surface area contributed by atoms with Crippen LogP contribution in [0.4, 0.5) is 4.79 Å². The average Bonchev–Trinajstić information content (AvgIpc) is 3.47. The molecule has 4 rings (SSSR count). The number of hydrogen-bond donors (Lipinski definition) is 2. The van der Waals surface area contributed by atoms with E-state index in [-0.39, 0.29) is 17.5 Å². The number of carbonyl (C=O) groups excluding carboxylic acids is 1. The van der Waals surface area contributed by atoms with Crippen molar-refractivity contribution in [3.05, 3.63) is 65.2 Å². The van der Waals surface area contributed by atoms with Gasteiger partial charge in [-0.3, -0.25) is 4.90 Å². The van der Waals surface area contributed by atoms with Crippen molar-refractivity contribution in [1.82, 2.24) is 15.5 Å². The number of methoxy groups -OCH3 is 1. The number of nitrogens with zero attached hydrogens (tertiary/aromatic N) is 1. The van der Waals surface area contributed by atoms with Gasteiger partial charge < -0.3 is 15.4 Å². The quantitative estimate of drug-likeness (QED) is 0.855. The summed E-state index contributed by atoms with van der Waals surface area (Å²) in [6.07, 6.45) is 2.14. The van der Waals surface area contributed by atoms with Crippen molar-refractivity contribution in [2.45, 2.75) is 30.8 Å².